The molecule has 1 saturated heterocycles. The van der Waals surface area contributed by atoms with Crippen molar-refractivity contribution in [3.63, 3.8) is 0 Å². The van der Waals surface area contributed by atoms with Crippen LogP contribution in [0.4, 0.5) is 0 Å². The molecule has 2 aliphatic rings. The first-order chi connectivity index (χ1) is 8.89. The van der Waals surface area contributed by atoms with Gasteiger partial charge in [-0.1, -0.05) is 6.42 Å². The average molecular weight is 246 g/mol. The monoisotopic (exact) mass is 246 g/mol. The first-order valence-corrected chi connectivity index (χ1v) is 7.09. The summed E-state index contributed by atoms with van der Waals surface area (Å²) in [7, 11) is 0. The molecule has 0 radical (unpaired) electrons. The van der Waals surface area contributed by atoms with Crippen LogP contribution in [0.5, 0.6) is 0 Å². The minimum atomic E-state index is 0.519. The number of hydrogen-bond acceptors (Lipinski definition) is 3. The van der Waals surface area contributed by atoms with E-state index in [2.05, 4.69) is 22.4 Å². The first kappa shape index (κ1) is 12.1. The van der Waals surface area contributed by atoms with Gasteiger partial charge in [-0.15, -0.1) is 0 Å². The van der Waals surface area contributed by atoms with Gasteiger partial charge in [-0.3, -0.25) is 4.98 Å². The number of nitrogens with zero attached hydrogens (tertiary/aromatic N) is 1. The van der Waals surface area contributed by atoms with Gasteiger partial charge in [0.2, 0.25) is 0 Å². The Morgan fingerprint density at radius 1 is 1.22 bits per heavy atom. The lowest BCUT2D eigenvalue weighted by molar-refractivity contribution is 0.00415. The molecule has 1 aromatic rings. The van der Waals surface area contributed by atoms with Gasteiger partial charge in [0.25, 0.3) is 0 Å². The molecule has 1 aromatic heterocycles. The van der Waals surface area contributed by atoms with E-state index in [0.717, 1.165) is 19.8 Å². The summed E-state index contributed by atoms with van der Waals surface area (Å²) in [5, 5.41) is 3.78. The molecule has 1 N–H and O–H groups in total. The van der Waals surface area contributed by atoms with Crippen LogP contribution in [0.3, 0.4) is 0 Å². The van der Waals surface area contributed by atoms with Gasteiger partial charge in [0.05, 0.1) is 0 Å². The Hall–Kier alpha value is -0.930. The third kappa shape index (κ3) is 2.43. The fraction of sp³-hybridized carbons (Fsp3) is 0.667. The minimum Gasteiger partial charge on any atom is -0.381 e. The second kappa shape index (κ2) is 5.37. The van der Waals surface area contributed by atoms with E-state index < -0.39 is 0 Å². The maximum Gasteiger partial charge on any atom is 0.0471 e. The fourth-order valence-electron chi connectivity index (χ4n) is 3.58. The number of pyridine rings is 1. The van der Waals surface area contributed by atoms with E-state index in [-0.39, 0.29) is 0 Å². The van der Waals surface area contributed by atoms with Gasteiger partial charge in [0.15, 0.2) is 0 Å². The molecule has 0 bridgehead atoms. The van der Waals surface area contributed by atoms with E-state index in [1.807, 2.05) is 12.4 Å². The highest BCUT2D eigenvalue weighted by Gasteiger charge is 2.43. The van der Waals surface area contributed by atoms with Gasteiger partial charge in [-0.05, 0) is 48.8 Å². The van der Waals surface area contributed by atoms with E-state index in [0.29, 0.717) is 11.5 Å². The third-order valence-corrected chi connectivity index (χ3v) is 4.70. The summed E-state index contributed by atoms with van der Waals surface area (Å²) < 4.78 is 5.53. The number of hydrogen-bond donors (Lipinski definition) is 1. The molecule has 1 unspecified atom stereocenters. The Morgan fingerprint density at radius 3 is 2.78 bits per heavy atom. The fourth-order valence-corrected chi connectivity index (χ4v) is 3.58. The highest BCUT2D eigenvalue weighted by Crippen LogP contribution is 2.45. The molecule has 1 saturated carbocycles. The molecular formula is C15H22N2O. The Morgan fingerprint density at radius 2 is 2.00 bits per heavy atom. The van der Waals surface area contributed by atoms with Crippen molar-refractivity contribution in [1.29, 1.82) is 0 Å². The van der Waals surface area contributed by atoms with Crippen LogP contribution >= 0.6 is 0 Å². The zero-order valence-electron chi connectivity index (χ0n) is 10.9. The van der Waals surface area contributed by atoms with Crippen LogP contribution in [0, 0.1) is 5.41 Å². The average Bonchev–Trinajstić information content (AvgIpc) is 2.81. The lowest BCUT2D eigenvalue weighted by Crippen LogP contribution is -2.44. The molecule has 98 valence electrons. The summed E-state index contributed by atoms with van der Waals surface area (Å²) in [4.78, 5) is 4.06. The maximum absolute atomic E-state index is 5.53. The Balaban J connectivity index is 1.61. The molecule has 3 heteroatoms. The van der Waals surface area contributed by atoms with Crippen molar-refractivity contribution >= 4 is 0 Å². The molecule has 18 heavy (non-hydrogen) atoms. The van der Waals surface area contributed by atoms with Crippen molar-refractivity contribution in [2.75, 3.05) is 13.2 Å². The highest BCUT2D eigenvalue weighted by atomic mass is 16.5. The van der Waals surface area contributed by atoms with Crippen molar-refractivity contribution < 1.29 is 4.74 Å². The van der Waals surface area contributed by atoms with Gasteiger partial charge in [-0.25, -0.2) is 0 Å². The van der Waals surface area contributed by atoms with E-state index >= 15 is 0 Å². The minimum absolute atomic E-state index is 0.519. The van der Waals surface area contributed by atoms with Crippen molar-refractivity contribution in [1.82, 2.24) is 10.3 Å². The van der Waals surface area contributed by atoms with E-state index in [1.54, 1.807) is 0 Å². The summed E-state index contributed by atoms with van der Waals surface area (Å²) in [6.45, 7) is 2.87. The third-order valence-electron chi connectivity index (χ3n) is 4.70. The lowest BCUT2D eigenvalue weighted by Gasteiger charge is -2.39. The van der Waals surface area contributed by atoms with Crippen LogP contribution in [0.15, 0.2) is 24.5 Å². The summed E-state index contributed by atoms with van der Waals surface area (Å²) >= 11 is 0. The van der Waals surface area contributed by atoms with Crippen LogP contribution in [0.2, 0.25) is 0 Å². The molecule has 2 fully saturated rings. The molecule has 3 rings (SSSR count). The summed E-state index contributed by atoms with van der Waals surface area (Å²) in [5.41, 5.74) is 1.85. The molecular weight excluding hydrogens is 224 g/mol. The van der Waals surface area contributed by atoms with Gasteiger partial charge >= 0.3 is 0 Å². The second-order valence-corrected chi connectivity index (χ2v) is 5.66. The zero-order valence-corrected chi connectivity index (χ0v) is 10.9. The first-order valence-electron chi connectivity index (χ1n) is 7.09. The molecule has 3 nitrogen and oxygen atoms in total. The van der Waals surface area contributed by atoms with E-state index in [1.165, 1.54) is 37.7 Å². The van der Waals surface area contributed by atoms with Gasteiger partial charge in [-0.2, -0.15) is 0 Å². The largest absolute Gasteiger partial charge is 0.381 e. The standard InChI is InChI=1S/C15H22N2O/c1-2-14(15(5-1)6-10-18-11-7-15)17-12-13-3-8-16-9-4-13/h3-4,8-9,14,17H,1-2,5-7,10-12H2. The second-order valence-electron chi connectivity index (χ2n) is 5.66. The topological polar surface area (TPSA) is 34.1 Å². The van der Waals surface area contributed by atoms with Crippen molar-refractivity contribution in [2.45, 2.75) is 44.7 Å². The normalized spacial score (nSPS) is 26.6. The number of nitrogens with one attached hydrogen (secondary N) is 1. The smallest absolute Gasteiger partial charge is 0.0471 e. The van der Waals surface area contributed by atoms with Crippen molar-refractivity contribution in [2.24, 2.45) is 5.41 Å². The van der Waals surface area contributed by atoms with Gasteiger partial charge in [0.1, 0.15) is 0 Å². The molecule has 0 aromatic carbocycles. The molecule has 1 atom stereocenters. The molecule has 1 aliphatic carbocycles. The summed E-state index contributed by atoms with van der Waals surface area (Å²) in [6, 6.07) is 4.87. The predicted molar refractivity (Wildman–Crippen MR) is 71.2 cm³/mol. The highest BCUT2D eigenvalue weighted by molar-refractivity contribution is 5.10. The maximum atomic E-state index is 5.53. The van der Waals surface area contributed by atoms with E-state index in [9.17, 15) is 0 Å². The van der Waals surface area contributed by atoms with Crippen LogP contribution < -0.4 is 5.32 Å². The number of aromatic nitrogens is 1. The van der Waals surface area contributed by atoms with Crippen LogP contribution in [0.1, 0.15) is 37.7 Å². The number of rotatable bonds is 3. The Kier molecular flexibility index (Phi) is 3.62. The van der Waals surface area contributed by atoms with Gasteiger partial charge < -0.3 is 10.1 Å². The SMILES string of the molecule is c1cc(CNC2CCCC23CCOCC3)ccn1. The van der Waals surface area contributed by atoms with Crippen LogP contribution in [-0.2, 0) is 11.3 Å². The summed E-state index contributed by atoms with van der Waals surface area (Å²) in [6.07, 6.45) is 10.3. The Bertz CT molecular complexity index is 373. The summed E-state index contributed by atoms with van der Waals surface area (Å²) in [5.74, 6) is 0. The van der Waals surface area contributed by atoms with Crippen molar-refractivity contribution in [3.05, 3.63) is 30.1 Å². The molecule has 1 spiro atoms. The quantitative estimate of drug-likeness (QED) is 0.890. The molecule has 2 heterocycles. The van der Waals surface area contributed by atoms with Gasteiger partial charge in [0, 0.05) is 38.2 Å². The molecule has 1 aliphatic heterocycles. The van der Waals surface area contributed by atoms with Crippen LogP contribution in [-0.4, -0.2) is 24.2 Å². The predicted octanol–water partition coefficient (Wildman–Crippen LogP) is 2.52. The lowest BCUT2D eigenvalue weighted by atomic mass is 9.75. The number of ether oxygens (including phenoxy) is 1. The Labute approximate surface area is 109 Å². The van der Waals surface area contributed by atoms with Crippen LogP contribution in [0.25, 0.3) is 0 Å². The zero-order chi connectivity index (χ0) is 12.3. The molecule has 0 amide bonds. The van der Waals surface area contributed by atoms with Crippen molar-refractivity contribution in [3.8, 4) is 0 Å². The van der Waals surface area contributed by atoms with E-state index in [4.69, 9.17) is 4.74 Å².